The molecular weight excluding hydrogens is 432 g/mol. The van der Waals surface area contributed by atoms with Crippen molar-refractivity contribution in [2.45, 2.75) is 25.2 Å². The molecule has 0 bridgehead atoms. The summed E-state index contributed by atoms with van der Waals surface area (Å²) in [6.07, 6.45) is 1.98. The number of aromatic nitrogens is 2. The summed E-state index contributed by atoms with van der Waals surface area (Å²) in [5.41, 5.74) is 6.73. The van der Waals surface area contributed by atoms with Crippen molar-refractivity contribution in [3.8, 4) is 23.2 Å². The summed E-state index contributed by atoms with van der Waals surface area (Å²) in [4.78, 5) is 7.87. The normalized spacial score (nSPS) is 15.3. The average Bonchev–Trinajstić information content (AvgIpc) is 3.25. The molecule has 2 heterocycles. The third-order valence-electron chi connectivity index (χ3n) is 6.61. The second kappa shape index (κ2) is 8.90. The second-order valence-electron chi connectivity index (χ2n) is 8.75. The largest absolute Gasteiger partial charge is 0.464 e. The highest BCUT2D eigenvalue weighted by molar-refractivity contribution is 6.32. The Bertz CT molecular complexity index is 1290. The van der Waals surface area contributed by atoms with Gasteiger partial charge in [0.2, 0.25) is 0 Å². The number of ether oxygens (including phenoxy) is 1. The van der Waals surface area contributed by atoms with Crippen molar-refractivity contribution in [3.05, 3.63) is 82.4 Å². The van der Waals surface area contributed by atoms with E-state index in [1.807, 2.05) is 43.3 Å². The van der Waals surface area contributed by atoms with Crippen LogP contribution in [0.15, 0.2) is 60.7 Å². The minimum absolute atomic E-state index is 0.0924. The van der Waals surface area contributed by atoms with Crippen molar-refractivity contribution in [2.24, 2.45) is 0 Å². The number of nitrogens with zero attached hydrogens (tertiary/aromatic N) is 2. The molecule has 0 unspecified atom stereocenters. The first kappa shape index (κ1) is 21.5. The topological polar surface area (TPSA) is 73.7 Å². The molecule has 1 fully saturated rings. The Balaban J connectivity index is 1.40. The van der Waals surface area contributed by atoms with Crippen LogP contribution >= 0.6 is 11.6 Å². The molecule has 1 saturated heterocycles. The highest BCUT2D eigenvalue weighted by atomic mass is 35.5. The molecule has 5 rings (SSSR count). The van der Waals surface area contributed by atoms with Gasteiger partial charge in [-0.15, -0.1) is 0 Å². The quantitative estimate of drug-likeness (QED) is 0.400. The maximum atomic E-state index is 9.20. The molecule has 33 heavy (non-hydrogen) atoms. The molecule has 5 nitrogen and oxygen atoms in total. The Morgan fingerprint density at radius 1 is 1.06 bits per heavy atom. The maximum Gasteiger partial charge on any atom is 0.294 e. The first-order valence-corrected chi connectivity index (χ1v) is 11.5. The molecule has 1 aromatic heterocycles. The van der Waals surface area contributed by atoms with E-state index >= 15 is 0 Å². The van der Waals surface area contributed by atoms with Gasteiger partial charge in [-0.3, -0.25) is 0 Å². The fraction of sp³-hybridized carbons (Fsp3) is 0.259. The van der Waals surface area contributed by atoms with Crippen LogP contribution in [0.4, 0.5) is 0 Å². The summed E-state index contributed by atoms with van der Waals surface area (Å²) in [7, 11) is 0. The Morgan fingerprint density at radius 3 is 2.61 bits per heavy atom. The summed E-state index contributed by atoms with van der Waals surface area (Å²) in [6, 6.07) is 23.0. The van der Waals surface area contributed by atoms with E-state index in [0.717, 1.165) is 53.7 Å². The zero-order chi connectivity index (χ0) is 22.8. The van der Waals surface area contributed by atoms with E-state index < -0.39 is 0 Å². The number of halogens is 1. The van der Waals surface area contributed by atoms with Crippen LogP contribution in [0.1, 0.15) is 29.5 Å². The molecule has 0 saturated carbocycles. The lowest BCUT2D eigenvalue weighted by molar-refractivity contribution is 0.167. The lowest BCUT2D eigenvalue weighted by atomic mass is 9.73. The second-order valence-corrected chi connectivity index (χ2v) is 9.16. The van der Waals surface area contributed by atoms with Gasteiger partial charge in [0.05, 0.1) is 22.7 Å². The van der Waals surface area contributed by atoms with Crippen LogP contribution in [0.5, 0.6) is 6.01 Å². The summed E-state index contributed by atoms with van der Waals surface area (Å²) in [5, 5.41) is 13.4. The monoisotopic (exact) mass is 456 g/mol. The number of hydrogen-bond donors (Lipinski definition) is 2. The van der Waals surface area contributed by atoms with Gasteiger partial charge in [-0.05, 0) is 79.4 Å². The molecule has 1 aliphatic heterocycles. The maximum absolute atomic E-state index is 9.20. The van der Waals surface area contributed by atoms with Crippen molar-refractivity contribution in [3.63, 3.8) is 0 Å². The highest BCUT2D eigenvalue weighted by Gasteiger charge is 2.35. The van der Waals surface area contributed by atoms with Gasteiger partial charge < -0.3 is 15.0 Å². The first-order valence-electron chi connectivity index (χ1n) is 11.2. The van der Waals surface area contributed by atoms with Crippen LogP contribution in [0.2, 0.25) is 5.02 Å². The third kappa shape index (κ3) is 4.32. The number of piperidine rings is 1. The van der Waals surface area contributed by atoms with Crippen LogP contribution in [0.25, 0.3) is 22.2 Å². The Labute approximate surface area is 198 Å². The van der Waals surface area contributed by atoms with E-state index in [9.17, 15) is 5.26 Å². The Hall–Kier alpha value is -3.33. The zero-order valence-electron chi connectivity index (χ0n) is 18.5. The number of aromatic amines is 1. The standard InChI is InChI=1S/C27H25ClN4O/c1-18-13-24-25(15-23(18)28)32-26(31-24)33-17-27(9-11-30-12-10-27)22-7-5-20(6-8-22)21-4-2-3-19(14-21)16-29/h2-8,13-15,30H,9-12,17H2,1H3,(H,31,32). The summed E-state index contributed by atoms with van der Waals surface area (Å²) >= 11 is 6.25. The van der Waals surface area contributed by atoms with Crippen LogP contribution in [-0.2, 0) is 5.41 Å². The molecule has 0 radical (unpaired) electrons. The molecule has 0 atom stereocenters. The van der Waals surface area contributed by atoms with Crippen molar-refractivity contribution < 1.29 is 4.74 Å². The van der Waals surface area contributed by atoms with Crippen molar-refractivity contribution in [2.75, 3.05) is 19.7 Å². The summed E-state index contributed by atoms with van der Waals surface area (Å²) in [6.45, 7) is 4.42. The van der Waals surface area contributed by atoms with Gasteiger partial charge in [0.25, 0.3) is 6.01 Å². The number of fused-ring (bicyclic) bond motifs is 1. The van der Waals surface area contributed by atoms with Crippen molar-refractivity contribution in [1.29, 1.82) is 5.26 Å². The van der Waals surface area contributed by atoms with Crippen LogP contribution in [0, 0.1) is 18.3 Å². The number of aryl methyl sites for hydroxylation is 1. The molecule has 6 heteroatoms. The fourth-order valence-corrected chi connectivity index (χ4v) is 4.76. The number of rotatable bonds is 5. The Kier molecular flexibility index (Phi) is 5.80. The predicted octanol–water partition coefficient (Wildman–Crippen LogP) is 5.76. The number of imidazole rings is 1. The number of nitrogens with one attached hydrogen (secondary N) is 2. The highest BCUT2D eigenvalue weighted by Crippen LogP contribution is 2.36. The van der Waals surface area contributed by atoms with Gasteiger partial charge in [-0.1, -0.05) is 48.0 Å². The predicted molar refractivity (Wildman–Crippen MR) is 132 cm³/mol. The van der Waals surface area contributed by atoms with Crippen LogP contribution in [0.3, 0.4) is 0 Å². The van der Waals surface area contributed by atoms with E-state index in [-0.39, 0.29) is 5.41 Å². The van der Waals surface area contributed by atoms with E-state index in [2.05, 4.69) is 45.6 Å². The minimum atomic E-state index is -0.0924. The third-order valence-corrected chi connectivity index (χ3v) is 7.02. The number of hydrogen-bond acceptors (Lipinski definition) is 4. The number of nitriles is 1. The van der Waals surface area contributed by atoms with E-state index in [0.29, 0.717) is 23.2 Å². The zero-order valence-corrected chi connectivity index (χ0v) is 19.2. The smallest absolute Gasteiger partial charge is 0.294 e. The van der Waals surface area contributed by atoms with E-state index in [4.69, 9.17) is 16.3 Å². The summed E-state index contributed by atoms with van der Waals surface area (Å²) < 4.78 is 6.24. The molecule has 1 aliphatic rings. The Morgan fingerprint density at radius 2 is 1.85 bits per heavy atom. The van der Waals surface area contributed by atoms with Gasteiger partial charge >= 0.3 is 0 Å². The van der Waals surface area contributed by atoms with Gasteiger partial charge in [0.15, 0.2) is 0 Å². The molecule has 0 amide bonds. The van der Waals surface area contributed by atoms with Crippen LogP contribution < -0.4 is 10.1 Å². The SMILES string of the molecule is Cc1cc2[nH]c(OCC3(c4ccc(-c5cccc(C#N)c5)cc4)CCNCC3)nc2cc1Cl. The molecule has 166 valence electrons. The van der Waals surface area contributed by atoms with Crippen molar-refractivity contribution in [1.82, 2.24) is 15.3 Å². The van der Waals surface area contributed by atoms with Crippen LogP contribution in [-0.4, -0.2) is 29.7 Å². The van der Waals surface area contributed by atoms with Gasteiger partial charge in [-0.25, -0.2) is 0 Å². The molecule has 3 aromatic carbocycles. The summed E-state index contributed by atoms with van der Waals surface area (Å²) in [5.74, 6) is 0. The van der Waals surface area contributed by atoms with E-state index in [1.165, 1.54) is 5.56 Å². The lowest BCUT2D eigenvalue weighted by Crippen LogP contribution is -2.44. The average molecular weight is 457 g/mol. The lowest BCUT2D eigenvalue weighted by Gasteiger charge is -2.37. The minimum Gasteiger partial charge on any atom is -0.464 e. The van der Waals surface area contributed by atoms with Gasteiger partial charge in [0, 0.05) is 10.4 Å². The molecule has 4 aromatic rings. The molecular formula is C27H25ClN4O. The fourth-order valence-electron chi connectivity index (χ4n) is 4.60. The first-order chi connectivity index (χ1) is 16.1. The molecule has 0 aliphatic carbocycles. The molecule has 0 spiro atoms. The molecule has 2 N–H and O–H groups in total. The number of benzene rings is 3. The number of H-pyrrole nitrogens is 1. The van der Waals surface area contributed by atoms with Crippen molar-refractivity contribution >= 4 is 22.6 Å². The van der Waals surface area contributed by atoms with Gasteiger partial charge in [0.1, 0.15) is 6.61 Å². The van der Waals surface area contributed by atoms with Gasteiger partial charge in [-0.2, -0.15) is 10.2 Å². The van der Waals surface area contributed by atoms with E-state index in [1.54, 1.807) is 0 Å².